The van der Waals surface area contributed by atoms with E-state index in [4.69, 9.17) is 4.74 Å². The molecule has 2 aliphatic heterocycles. The fourth-order valence-corrected chi connectivity index (χ4v) is 3.33. The van der Waals surface area contributed by atoms with Gasteiger partial charge >= 0.3 is 5.97 Å². The molecule has 0 bridgehead atoms. The van der Waals surface area contributed by atoms with E-state index in [0.717, 1.165) is 0 Å². The molecule has 2 fully saturated rings. The average Bonchev–Trinajstić information content (AvgIpc) is 2.85. The summed E-state index contributed by atoms with van der Waals surface area (Å²) in [6.45, 7) is 1.32. The molecule has 1 amide bonds. The largest absolute Gasteiger partial charge is 0.459 e. The summed E-state index contributed by atoms with van der Waals surface area (Å²) in [6, 6.07) is 3.73. The number of fused-ring (bicyclic) bond motifs is 1. The van der Waals surface area contributed by atoms with Crippen LogP contribution in [-0.2, 0) is 25.7 Å². The number of β-lactam (4-membered cyclic amide) rings is 1. The summed E-state index contributed by atoms with van der Waals surface area (Å²) < 4.78 is 5.09. The standard InChI is InChI=1S/C16H16N2O7/c1-8(19)13-11-6-12(20)14(17(11)15(13)21)16(22)25-7-9-2-4-10(5-3-9)18(23)24/h2-5,8,11,13-14,19H,6-7H2,1H3. The van der Waals surface area contributed by atoms with E-state index < -0.39 is 46.7 Å². The Morgan fingerprint density at radius 3 is 2.60 bits per heavy atom. The fraction of sp³-hybridized carbons (Fsp3) is 0.438. The number of nitro groups is 1. The van der Waals surface area contributed by atoms with Crippen molar-refractivity contribution in [3.8, 4) is 0 Å². The van der Waals surface area contributed by atoms with Crippen molar-refractivity contribution < 1.29 is 29.2 Å². The maximum Gasteiger partial charge on any atom is 0.337 e. The number of nitrogens with zero attached hydrogens (tertiary/aromatic N) is 2. The Kier molecular flexibility index (Phi) is 4.25. The highest BCUT2D eigenvalue weighted by Gasteiger charge is 2.61. The van der Waals surface area contributed by atoms with Crippen LogP contribution >= 0.6 is 0 Å². The molecule has 2 saturated heterocycles. The smallest absolute Gasteiger partial charge is 0.337 e. The van der Waals surface area contributed by atoms with Crippen molar-refractivity contribution in [1.82, 2.24) is 4.90 Å². The number of Topliss-reactive ketones (excluding diaryl/α,β-unsaturated/α-hetero) is 1. The van der Waals surface area contributed by atoms with Gasteiger partial charge in [-0.1, -0.05) is 0 Å². The fourth-order valence-electron chi connectivity index (χ4n) is 3.33. The zero-order valence-electron chi connectivity index (χ0n) is 13.3. The van der Waals surface area contributed by atoms with E-state index in [-0.39, 0.29) is 18.7 Å². The van der Waals surface area contributed by atoms with Crippen LogP contribution in [0.3, 0.4) is 0 Å². The SMILES string of the molecule is CC(O)C1C(=O)N2C(C(=O)OCc3ccc([N+](=O)[O-])cc3)C(=O)CC12. The van der Waals surface area contributed by atoms with Crippen LogP contribution < -0.4 is 0 Å². The molecule has 3 rings (SSSR count). The second kappa shape index (κ2) is 6.25. The van der Waals surface area contributed by atoms with Gasteiger partial charge in [0.05, 0.1) is 23.0 Å². The van der Waals surface area contributed by atoms with E-state index >= 15 is 0 Å². The van der Waals surface area contributed by atoms with Crippen molar-refractivity contribution in [1.29, 1.82) is 0 Å². The van der Waals surface area contributed by atoms with Crippen molar-refractivity contribution in [2.24, 2.45) is 5.92 Å². The number of hydrogen-bond acceptors (Lipinski definition) is 7. The number of carbonyl (C=O) groups is 3. The molecule has 1 aromatic rings. The Hall–Kier alpha value is -2.81. The van der Waals surface area contributed by atoms with Gasteiger partial charge in [-0.15, -0.1) is 0 Å². The highest BCUT2D eigenvalue weighted by molar-refractivity contribution is 6.11. The van der Waals surface area contributed by atoms with Gasteiger partial charge in [0, 0.05) is 18.6 Å². The number of aliphatic hydroxyl groups is 1. The molecule has 4 atom stereocenters. The number of non-ortho nitro benzene ring substituents is 1. The van der Waals surface area contributed by atoms with Gasteiger partial charge in [0.15, 0.2) is 11.8 Å². The summed E-state index contributed by atoms with van der Waals surface area (Å²) in [7, 11) is 0. The van der Waals surface area contributed by atoms with Gasteiger partial charge in [0.2, 0.25) is 5.91 Å². The van der Waals surface area contributed by atoms with Gasteiger partial charge in [-0.2, -0.15) is 0 Å². The van der Waals surface area contributed by atoms with Crippen molar-refractivity contribution in [2.75, 3.05) is 0 Å². The first-order valence-corrected chi connectivity index (χ1v) is 7.74. The van der Waals surface area contributed by atoms with Gasteiger partial charge in [0.25, 0.3) is 5.69 Å². The van der Waals surface area contributed by atoms with Crippen LogP contribution in [0.15, 0.2) is 24.3 Å². The number of aliphatic hydroxyl groups excluding tert-OH is 1. The number of esters is 1. The monoisotopic (exact) mass is 348 g/mol. The zero-order chi connectivity index (χ0) is 18.3. The number of carbonyl (C=O) groups excluding carboxylic acids is 3. The molecular formula is C16H16N2O7. The highest BCUT2D eigenvalue weighted by atomic mass is 16.6. The minimum atomic E-state index is -1.27. The Balaban J connectivity index is 1.63. The number of rotatable bonds is 5. The lowest BCUT2D eigenvalue weighted by molar-refractivity contribution is -0.384. The Labute approximate surface area is 142 Å². The predicted molar refractivity (Wildman–Crippen MR) is 82.1 cm³/mol. The van der Waals surface area contributed by atoms with Crippen LogP contribution in [-0.4, -0.2) is 50.8 Å². The molecule has 9 heteroatoms. The Bertz CT molecular complexity index is 743. The molecule has 2 heterocycles. The van der Waals surface area contributed by atoms with Gasteiger partial charge in [0.1, 0.15) is 6.61 Å². The predicted octanol–water partition coefficient (Wildman–Crippen LogP) is 0.187. The number of benzene rings is 1. The molecule has 0 spiro atoms. The topological polar surface area (TPSA) is 127 Å². The molecule has 132 valence electrons. The lowest BCUT2D eigenvalue weighted by Crippen LogP contribution is -2.64. The molecule has 0 aromatic heterocycles. The lowest BCUT2D eigenvalue weighted by Gasteiger charge is -2.45. The summed E-state index contributed by atoms with van der Waals surface area (Å²) in [5, 5.41) is 20.2. The van der Waals surface area contributed by atoms with Crippen LogP contribution in [0.4, 0.5) is 5.69 Å². The number of ketones is 1. The van der Waals surface area contributed by atoms with Crippen LogP contribution in [0, 0.1) is 16.0 Å². The van der Waals surface area contributed by atoms with E-state index in [2.05, 4.69) is 0 Å². The van der Waals surface area contributed by atoms with E-state index in [9.17, 15) is 29.6 Å². The Morgan fingerprint density at radius 1 is 1.40 bits per heavy atom. The molecule has 25 heavy (non-hydrogen) atoms. The lowest BCUT2D eigenvalue weighted by atomic mass is 9.84. The molecule has 1 N–H and O–H groups in total. The van der Waals surface area contributed by atoms with Crippen LogP contribution in [0.5, 0.6) is 0 Å². The molecule has 4 unspecified atom stereocenters. The minimum absolute atomic E-state index is 0.0264. The summed E-state index contributed by atoms with van der Waals surface area (Å²) >= 11 is 0. The van der Waals surface area contributed by atoms with Crippen molar-refractivity contribution in [3.63, 3.8) is 0 Å². The number of hydrogen-bond donors (Lipinski definition) is 1. The van der Waals surface area contributed by atoms with E-state index in [0.29, 0.717) is 5.56 Å². The van der Waals surface area contributed by atoms with E-state index in [1.807, 2.05) is 0 Å². The third-order valence-electron chi connectivity index (χ3n) is 4.58. The van der Waals surface area contributed by atoms with Crippen molar-refractivity contribution >= 4 is 23.3 Å². The average molecular weight is 348 g/mol. The first kappa shape index (κ1) is 17.0. The first-order valence-electron chi connectivity index (χ1n) is 7.74. The second-order valence-corrected chi connectivity index (χ2v) is 6.18. The van der Waals surface area contributed by atoms with E-state index in [1.165, 1.54) is 36.1 Å². The minimum Gasteiger partial charge on any atom is -0.459 e. The summed E-state index contributed by atoms with van der Waals surface area (Å²) in [6.07, 6.45) is -0.852. The number of nitro benzene ring substituents is 1. The van der Waals surface area contributed by atoms with Crippen LogP contribution in [0.25, 0.3) is 0 Å². The molecular weight excluding hydrogens is 332 g/mol. The van der Waals surface area contributed by atoms with Crippen LogP contribution in [0.1, 0.15) is 18.9 Å². The summed E-state index contributed by atoms with van der Waals surface area (Å²) in [4.78, 5) is 47.6. The highest BCUT2D eigenvalue weighted by Crippen LogP contribution is 2.40. The Morgan fingerprint density at radius 2 is 2.04 bits per heavy atom. The third kappa shape index (κ3) is 2.86. The molecule has 0 radical (unpaired) electrons. The number of amides is 1. The van der Waals surface area contributed by atoms with E-state index in [1.54, 1.807) is 0 Å². The molecule has 1 aromatic carbocycles. The van der Waals surface area contributed by atoms with Crippen molar-refractivity contribution in [3.05, 3.63) is 39.9 Å². The maximum absolute atomic E-state index is 12.2. The van der Waals surface area contributed by atoms with Gasteiger partial charge in [-0.05, 0) is 24.6 Å². The summed E-state index contributed by atoms with van der Waals surface area (Å²) in [5.41, 5.74) is 0.442. The molecule has 0 aliphatic carbocycles. The second-order valence-electron chi connectivity index (χ2n) is 6.18. The first-order chi connectivity index (χ1) is 11.8. The molecule has 9 nitrogen and oxygen atoms in total. The quantitative estimate of drug-likeness (QED) is 0.264. The van der Waals surface area contributed by atoms with Crippen LogP contribution in [0.2, 0.25) is 0 Å². The normalized spacial score (nSPS) is 26.0. The maximum atomic E-state index is 12.2. The molecule has 2 aliphatic rings. The van der Waals surface area contributed by atoms with Gasteiger partial charge < -0.3 is 14.7 Å². The van der Waals surface area contributed by atoms with Gasteiger partial charge in [-0.25, -0.2) is 4.79 Å². The number of ether oxygens (including phenoxy) is 1. The molecule has 0 saturated carbocycles. The third-order valence-corrected chi connectivity index (χ3v) is 4.58. The zero-order valence-corrected chi connectivity index (χ0v) is 13.3. The summed E-state index contributed by atoms with van der Waals surface area (Å²) in [5.74, 6) is -2.32. The van der Waals surface area contributed by atoms with Gasteiger partial charge in [-0.3, -0.25) is 19.7 Å². The van der Waals surface area contributed by atoms with Crippen molar-refractivity contribution in [2.45, 2.75) is 38.1 Å².